The Hall–Kier alpha value is -0.680. The summed E-state index contributed by atoms with van der Waals surface area (Å²) in [7, 11) is 0. The van der Waals surface area contributed by atoms with E-state index in [2.05, 4.69) is 13.2 Å². The van der Waals surface area contributed by atoms with Crippen molar-refractivity contribution in [3.8, 4) is 0 Å². The van der Waals surface area contributed by atoms with Crippen LogP contribution in [0, 0.1) is 0 Å². The second kappa shape index (κ2) is 5.88. The van der Waals surface area contributed by atoms with Crippen molar-refractivity contribution in [1.29, 1.82) is 0 Å². The minimum Gasteiger partial charge on any atom is -0.390 e. The molecule has 0 aromatic rings. The largest absolute Gasteiger partial charge is 0.390 e. The molecule has 0 aliphatic rings. The molecule has 0 fully saturated rings. The first-order chi connectivity index (χ1) is 6.04. The van der Waals surface area contributed by atoms with Crippen molar-refractivity contribution >= 4 is 0 Å². The quantitative estimate of drug-likeness (QED) is 0.411. The van der Waals surface area contributed by atoms with E-state index in [9.17, 15) is 15.3 Å². The molecule has 0 heterocycles. The topological polar surface area (TPSA) is 80.9 Å². The number of aliphatic hydroxyl groups is 4. The third kappa shape index (κ3) is 3.69. The van der Waals surface area contributed by atoms with Crippen LogP contribution in [0.1, 0.15) is 6.42 Å². The lowest BCUT2D eigenvalue weighted by molar-refractivity contribution is -0.0917. The smallest absolute Gasteiger partial charge is 0.112 e. The molecule has 13 heavy (non-hydrogen) atoms. The van der Waals surface area contributed by atoms with Gasteiger partial charge in [0.1, 0.15) is 18.3 Å². The van der Waals surface area contributed by atoms with Crippen LogP contribution in [0.15, 0.2) is 25.3 Å². The summed E-state index contributed by atoms with van der Waals surface area (Å²) in [5, 5.41) is 36.7. The minimum absolute atomic E-state index is 0.155. The van der Waals surface area contributed by atoms with E-state index in [1.54, 1.807) is 0 Å². The van der Waals surface area contributed by atoms with Crippen molar-refractivity contribution in [2.75, 3.05) is 0 Å². The monoisotopic (exact) mass is 188 g/mol. The van der Waals surface area contributed by atoms with E-state index in [1.807, 2.05) is 0 Å². The zero-order valence-electron chi connectivity index (χ0n) is 7.37. The molecule has 0 bridgehead atoms. The van der Waals surface area contributed by atoms with E-state index in [-0.39, 0.29) is 6.42 Å². The first-order valence-corrected chi connectivity index (χ1v) is 4.00. The van der Waals surface area contributed by atoms with Crippen LogP contribution in [0.4, 0.5) is 0 Å². The average molecular weight is 188 g/mol. The Morgan fingerprint density at radius 1 is 1.00 bits per heavy atom. The standard InChI is InChI=1S/C9H16O4/c1-3-5-7(11)9(13)8(12)6(10)4-2/h3-4,6-13H,1-2,5H2/t6-,7+,8+,9-/m1/s1. The van der Waals surface area contributed by atoms with Crippen LogP contribution in [0.25, 0.3) is 0 Å². The first kappa shape index (κ1) is 12.3. The molecular formula is C9H16O4. The van der Waals surface area contributed by atoms with E-state index in [4.69, 9.17) is 5.11 Å². The van der Waals surface area contributed by atoms with Crippen molar-refractivity contribution < 1.29 is 20.4 Å². The molecule has 4 nitrogen and oxygen atoms in total. The van der Waals surface area contributed by atoms with Gasteiger partial charge in [-0.15, -0.1) is 13.2 Å². The molecule has 0 amide bonds. The number of rotatable bonds is 6. The van der Waals surface area contributed by atoms with E-state index >= 15 is 0 Å². The Morgan fingerprint density at radius 2 is 1.54 bits per heavy atom. The first-order valence-electron chi connectivity index (χ1n) is 4.00. The van der Waals surface area contributed by atoms with Gasteiger partial charge in [0.15, 0.2) is 0 Å². The predicted molar refractivity (Wildman–Crippen MR) is 49.0 cm³/mol. The Morgan fingerprint density at radius 3 is 1.92 bits per heavy atom. The van der Waals surface area contributed by atoms with E-state index in [0.29, 0.717) is 0 Å². The maximum Gasteiger partial charge on any atom is 0.112 e. The van der Waals surface area contributed by atoms with Gasteiger partial charge in [0.25, 0.3) is 0 Å². The molecule has 0 radical (unpaired) electrons. The van der Waals surface area contributed by atoms with Crippen LogP contribution in [0.5, 0.6) is 0 Å². The second-order valence-electron chi connectivity index (χ2n) is 2.80. The molecule has 0 spiro atoms. The van der Waals surface area contributed by atoms with E-state index < -0.39 is 24.4 Å². The third-order valence-corrected chi connectivity index (χ3v) is 1.74. The van der Waals surface area contributed by atoms with Crippen molar-refractivity contribution in [2.45, 2.75) is 30.8 Å². The fourth-order valence-corrected chi connectivity index (χ4v) is 0.879. The van der Waals surface area contributed by atoms with Crippen LogP contribution in [0.3, 0.4) is 0 Å². The van der Waals surface area contributed by atoms with Gasteiger partial charge in [-0.05, 0) is 6.42 Å². The molecule has 0 saturated heterocycles. The maximum absolute atomic E-state index is 9.26. The van der Waals surface area contributed by atoms with Crippen LogP contribution < -0.4 is 0 Å². The molecule has 0 saturated carbocycles. The third-order valence-electron chi connectivity index (χ3n) is 1.74. The highest BCUT2D eigenvalue weighted by molar-refractivity contribution is 4.91. The van der Waals surface area contributed by atoms with Gasteiger partial charge in [0.2, 0.25) is 0 Å². The van der Waals surface area contributed by atoms with Crippen LogP contribution in [0.2, 0.25) is 0 Å². The summed E-state index contributed by atoms with van der Waals surface area (Å²) in [6.45, 7) is 6.62. The van der Waals surface area contributed by atoms with Crippen LogP contribution in [-0.4, -0.2) is 44.8 Å². The lowest BCUT2D eigenvalue weighted by Gasteiger charge is -2.24. The van der Waals surface area contributed by atoms with Crippen molar-refractivity contribution in [3.63, 3.8) is 0 Å². The fourth-order valence-electron chi connectivity index (χ4n) is 0.879. The summed E-state index contributed by atoms with van der Waals surface area (Å²) < 4.78 is 0. The van der Waals surface area contributed by atoms with E-state index in [1.165, 1.54) is 6.08 Å². The lowest BCUT2D eigenvalue weighted by Crippen LogP contribution is -2.43. The summed E-state index contributed by atoms with van der Waals surface area (Å²) in [5.41, 5.74) is 0. The molecule has 0 aromatic heterocycles. The molecule has 0 unspecified atom stereocenters. The number of hydrogen-bond donors (Lipinski definition) is 4. The van der Waals surface area contributed by atoms with Gasteiger partial charge < -0.3 is 20.4 Å². The summed E-state index contributed by atoms with van der Waals surface area (Å²) in [6, 6.07) is 0. The second-order valence-corrected chi connectivity index (χ2v) is 2.80. The Kier molecular flexibility index (Phi) is 5.57. The Balaban J connectivity index is 4.14. The van der Waals surface area contributed by atoms with Gasteiger partial charge in [0, 0.05) is 0 Å². The van der Waals surface area contributed by atoms with Gasteiger partial charge in [-0.1, -0.05) is 12.2 Å². The molecule has 0 aromatic carbocycles. The normalized spacial score (nSPS) is 20.0. The Bertz CT molecular complexity index is 169. The molecular weight excluding hydrogens is 172 g/mol. The summed E-state index contributed by atoms with van der Waals surface area (Å²) in [6.07, 6.45) is -2.52. The molecule has 0 aliphatic carbocycles. The molecule has 0 rings (SSSR count). The highest BCUT2D eigenvalue weighted by Gasteiger charge is 2.27. The van der Waals surface area contributed by atoms with Crippen LogP contribution in [-0.2, 0) is 0 Å². The highest BCUT2D eigenvalue weighted by atomic mass is 16.4. The van der Waals surface area contributed by atoms with E-state index in [0.717, 1.165) is 6.08 Å². The van der Waals surface area contributed by atoms with Gasteiger partial charge in [0.05, 0.1) is 6.10 Å². The summed E-state index contributed by atoms with van der Waals surface area (Å²) in [4.78, 5) is 0. The number of hydrogen-bond acceptors (Lipinski definition) is 4. The zero-order valence-corrected chi connectivity index (χ0v) is 7.37. The summed E-state index contributed by atoms with van der Waals surface area (Å²) >= 11 is 0. The van der Waals surface area contributed by atoms with Gasteiger partial charge >= 0.3 is 0 Å². The molecule has 4 N–H and O–H groups in total. The Labute approximate surface area is 77.5 Å². The van der Waals surface area contributed by atoms with Gasteiger partial charge in [-0.25, -0.2) is 0 Å². The molecule has 76 valence electrons. The highest BCUT2D eigenvalue weighted by Crippen LogP contribution is 2.08. The van der Waals surface area contributed by atoms with Crippen molar-refractivity contribution in [1.82, 2.24) is 0 Å². The molecule has 4 heteroatoms. The zero-order chi connectivity index (χ0) is 10.4. The molecule has 4 atom stereocenters. The average Bonchev–Trinajstić information content (AvgIpc) is 2.14. The maximum atomic E-state index is 9.26. The predicted octanol–water partition coefficient (Wildman–Crippen LogP) is -0.808. The summed E-state index contributed by atoms with van der Waals surface area (Å²) in [5.74, 6) is 0. The fraction of sp³-hybridized carbons (Fsp3) is 0.556. The molecule has 0 aliphatic heterocycles. The van der Waals surface area contributed by atoms with Gasteiger partial charge in [-0.2, -0.15) is 0 Å². The van der Waals surface area contributed by atoms with Gasteiger partial charge in [-0.3, -0.25) is 0 Å². The SMILES string of the molecule is C=CC[C@H](O)[C@@H](O)[C@@H](O)[C@H](O)C=C. The van der Waals surface area contributed by atoms with Crippen molar-refractivity contribution in [2.24, 2.45) is 0 Å². The number of aliphatic hydroxyl groups excluding tert-OH is 4. The van der Waals surface area contributed by atoms with Crippen molar-refractivity contribution in [3.05, 3.63) is 25.3 Å². The minimum atomic E-state index is -1.42. The van der Waals surface area contributed by atoms with Crippen LogP contribution >= 0.6 is 0 Å². The lowest BCUT2D eigenvalue weighted by atomic mass is 10.0.